The summed E-state index contributed by atoms with van der Waals surface area (Å²) in [5, 5.41) is 3.71. The number of hydrogen-bond donors (Lipinski definition) is 1. The van der Waals surface area contributed by atoms with Crippen molar-refractivity contribution in [3.05, 3.63) is 44.2 Å². The second-order valence-corrected chi connectivity index (χ2v) is 8.02. The molecule has 1 fully saturated rings. The molecule has 4 nitrogen and oxygen atoms in total. The fraction of sp³-hybridized carbons (Fsp3) is 0.474. The van der Waals surface area contributed by atoms with E-state index in [1.54, 1.807) is 6.20 Å². The molecule has 1 saturated carbocycles. The molecular weight excluding hydrogens is 368 g/mol. The Morgan fingerprint density at radius 2 is 2.00 bits per heavy atom. The van der Waals surface area contributed by atoms with Crippen molar-refractivity contribution in [2.24, 2.45) is 0 Å². The number of amides is 1. The summed E-state index contributed by atoms with van der Waals surface area (Å²) in [6, 6.07) is 4.38. The fourth-order valence-electron chi connectivity index (χ4n) is 4.13. The van der Waals surface area contributed by atoms with Gasteiger partial charge in [-0.3, -0.25) is 9.59 Å². The van der Waals surface area contributed by atoms with Crippen LogP contribution in [0.3, 0.4) is 0 Å². The molecule has 2 aliphatic rings. The largest absolute Gasteiger partial charge is 0.349 e. The quantitative estimate of drug-likeness (QED) is 0.846. The average molecular weight is 389 g/mol. The molecule has 1 aliphatic carbocycles. The summed E-state index contributed by atoms with van der Waals surface area (Å²) in [7, 11) is 0. The molecule has 0 bridgehead atoms. The van der Waals surface area contributed by atoms with Gasteiger partial charge in [-0.25, -0.2) is 0 Å². The van der Waals surface area contributed by atoms with E-state index in [4.69, 9.17) is 0 Å². The molecule has 1 atom stereocenters. The Hall–Kier alpha value is -1.62. The summed E-state index contributed by atoms with van der Waals surface area (Å²) in [6.07, 6.45) is 8.23. The van der Waals surface area contributed by atoms with Crippen LogP contribution in [-0.2, 0) is 6.42 Å². The number of hydrogen-bond acceptors (Lipinski definition) is 2. The van der Waals surface area contributed by atoms with Crippen LogP contribution in [0, 0.1) is 0 Å². The SMILES string of the molecule is C[C@H]1Cc2cc(Br)cc3c(=O)c(C(=O)NC4CCCCC4)cn1c23. The number of nitrogens with zero attached hydrogens (tertiary/aromatic N) is 1. The number of halogens is 1. The van der Waals surface area contributed by atoms with Gasteiger partial charge in [-0.15, -0.1) is 0 Å². The maximum atomic E-state index is 12.9. The standard InChI is InChI=1S/C19H21BrN2O2/c1-11-7-12-8-13(20)9-15-17(12)22(11)10-16(18(15)23)19(24)21-14-5-3-2-4-6-14/h8-11,14H,2-7H2,1H3,(H,21,24)/t11-/m0/s1. The molecule has 1 aromatic carbocycles. The van der Waals surface area contributed by atoms with E-state index in [1.165, 1.54) is 12.0 Å². The third-order valence-electron chi connectivity index (χ3n) is 5.34. The van der Waals surface area contributed by atoms with Gasteiger partial charge < -0.3 is 9.88 Å². The van der Waals surface area contributed by atoms with Crippen molar-refractivity contribution in [2.75, 3.05) is 0 Å². The number of pyridine rings is 1. The predicted octanol–water partition coefficient (Wildman–Crippen LogP) is 3.94. The van der Waals surface area contributed by atoms with Crippen molar-refractivity contribution in [3.63, 3.8) is 0 Å². The van der Waals surface area contributed by atoms with Crippen LogP contribution in [0.1, 0.15) is 61.0 Å². The predicted molar refractivity (Wildman–Crippen MR) is 98.7 cm³/mol. The Morgan fingerprint density at radius 1 is 1.25 bits per heavy atom. The van der Waals surface area contributed by atoms with Crippen molar-refractivity contribution in [2.45, 2.75) is 57.5 Å². The number of benzene rings is 1. The molecule has 2 aromatic rings. The monoisotopic (exact) mass is 388 g/mol. The van der Waals surface area contributed by atoms with Gasteiger partial charge in [0.25, 0.3) is 5.91 Å². The number of aromatic nitrogens is 1. The summed E-state index contributed by atoms with van der Waals surface area (Å²) in [6.45, 7) is 2.13. The molecular formula is C19H21BrN2O2. The zero-order chi connectivity index (χ0) is 16.8. The van der Waals surface area contributed by atoms with Gasteiger partial charge in [0.05, 0.1) is 5.52 Å². The van der Waals surface area contributed by atoms with E-state index in [9.17, 15) is 9.59 Å². The van der Waals surface area contributed by atoms with Crippen LogP contribution in [0.15, 0.2) is 27.6 Å². The normalized spacial score (nSPS) is 20.5. The molecule has 0 unspecified atom stereocenters. The first kappa shape index (κ1) is 15.9. The smallest absolute Gasteiger partial charge is 0.256 e. The maximum absolute atomic E-state index is 12.9. The number of rotatable bonds is 2. The third kappa shape index (κ3) is 2.59. The van der Waals surface area contributed by atoms with Gasteiger partial charge in [0.1, 0.15) is 5.56 Å². The Labute approximate surface area is 149 Å². The highest BCUT2D eigenvalue weighted by Crippen LogP contribution is 2.33. The summed E-state index contributed by atoms with van der Waals surface area (Å²) >= 11 is 3.49. The lowest BCUT2D eigenvalue weighted by molar-refractivity contribution is 0.0926. The van der Waals surface area contributed by atoms with E-state index >= 15 is 0 Å². The van der Waals surface area contributed by atoms with E-state index in [1.807, 2.05) is 6.07 Å². The first-order valence-corrected chi connectivity index (χ1v) is 9.52. The van der Waals surface area contributed by atoms with Gasteiger partial charge >= 0.3 is 0 Å². The molecule has 0 radical (unpaired) electrons. The lowest BCUT2D eigenvalue weighted by Crippen LogP contribution is -2.38. The van der Waals surface area contributed by atoms with Crippen LogP contribution >= 0.6 is 15.9 Å². The first-order valence-electron chi connectivity index (χ1n) is 8.72. The van der Waals surface area contributed by atoms with Crippen molar-refractivity contribution in [1.29, 1.82) is 0 Å². The zero-order valence-electron chi connectivity index (χ0n) is 13.8. The molecule has 5 heteroatoms. The lowest BCUT2D eigenvalue weighted by Gasteiger charge is -2.23. The minimum absolute atomic E-state index is 0.161. The molecule has 1 N–H and O–H groups in total. The van der Waals surface area contributed by atoms with E-state index in [0.29, 0.717) is 5.39 Å². The minimum atomic E-state index is -0.224. The van der Waals surface area contributed by atoms with Crippen molar-refractivity contribution < 1.29 is 4.79 Å². The van der Waals surface area contributed by atoms with Crippen LogP contribution in [-0.4, -0.2) is 16.5 Å². The van der Waals surface area contributed by atoms with Gasteiger partial charge in [0, 0.05) is 28.1 Å². The molecule has 0 saturated heterocycles. The van der Waals surface area contributed by atoms with Crippen molar-refractivity contribution >= 4 is 32.7 Å². The van der Waals surface area contributed by atoms with Gasteiger partial charge in [-0.05, 0) is 43.9 Å². The highest BCUT2D eigenvalue weighted by molar-refractivity contribution is 9.10. The maximum Gasteiger partial charge on any atom is 0.256 e. The molecule has 1 amide bonds. The summed E-state index contributed by atoms with van der Waals surface area (Å²) in [5.41, 5.74) is 2.25. The Balaban J connectivity index is 1.78. The van der Waals surface area contributed by atoms with Gasteiger partial charge in [-0.1, -0.05) is 35.2 Å². The van der Waals surface area contributed by atoms with Gasteiger partial charge in [-0.2, -0.15) is 0 Å². The molecule has 1 aromatic heterocycles. The van der Waals surface area contributed by atoms with E-state index in [0.717, 1.165) is 42.1 Å². The first-order chi connectivity index (χ1) is 11.5. The molecule has 24 heavy (non-hydrogen) atoms. The second kappa shape index (κ2) is 6.03. The summed E-state index contributed by atoms with van der Waals surface area (Å²) < 4.78 is 2.99. The van der Waals surface area contributed by atoms with Gasteiger partial charge in [0.2, 0.25) is 5.43 Å². The van der Waals surface area contributed by atoms with Crippen LogP contribution in [0.25, 0.3) is 10.9 Å². The Bertz CT molecular complexity index is 881. The lowest BCUT2D eigenvalue weighted by atomic mass is 9.95. The van der Waals surface area contributed by atoms with Crippen LogP contribution in [0.2, 0.25) is 0 Å². The number of carbonyl (C=O) groups excluding carboxylic acids is 1. The van der Waals surface area contributed by atoms with Crippen LogP contribution in [0.4, 0.5) is 0 Å². The molecule has 4 rings (SSSR count). The highest BCUT2D eigenvalue weighted by atomic mass is 79.9. The average Bonchev–Trinajstić information content (AvgIpc) is 2.87. The zero-order valence-corrected chi connectivity index (χ0v) is 15.4. The number of carbonyl (C=O) groups is 1. The van der Waals surface area contributed by atoms with E-state index in [-0.39, 0.29) is 29.0 Å². The summed E-state index contributed by atoms with van der Waals surface area (Å²) in [5.74, 6) is -0.224. The fourth-order valence-corrected chi connectivity index (χ4v) is 4.64. The van der Waals surface area contributed by atoms with Crippen molar-refractivity contribution in [1.82, 2.24) is 9.88 Å². The minimum Gasteiger partial charge on any atom is -0.349 e. The van der Waals surface area contributed by atoms with E-state index < -0.39 is 0 Å². The van der Waals surface area contributed by atoms with Crippen LogP contribution in [0.5, 0.6) is 0 Å². The topological polar surface area (TPSA) is 51.1 Å². The second-order valence-electron chi connectivity index (χ2n) is 7.10. The summed E-state index contributed by atoms with van der Waals surface area (Å²) in [4.78, 5) is 25.6. The Kier molecular flexibility index (Phi) is 3.99. The Morgan fingerprint density at radius 3 is 2.75 bits per heavy atom. The van der Waals surface area contributed by atoms with E-state index in [2.05, 4.69) is 38.8 Å². The molecule has 126 valence electrons. The third-order valence-corrected chi connectivity index (χ3v) is 5.80. The van der Waals surface area contributed by atoms with Crippen molar-refractivity contribution in [3.8, 4) is 0 Å². The van der Waals surface area contributed by atoms with Crippen LogP contribution < -0.4 is 10.7 Å². The molecule has 1 aliphatic heterocycles. The highest BCUT2D eigenvalue weighted by Gasteiger charge is 2.26. The number of nitrogens with one attached hydrogen (secondary N) is 1. The van der Waals surface area contributed by atoms with Gasteiger partial charge in [0.15, 0.2) is 0 Å². The molecule has 2 heterocycles. The molecule has 0 spiro atoms.